The van der Waals surface area contributed by atoms with Crippen LogP contribution >= 0.6 is 39.1 Å². The molecule has 1 nitrogen and oxygen atoms in total. The molecule has 0 radical (unpaired) electrons. The number of alkyl halides is 1. The van der Waals surface area contributed by atoms with E-state index in [9.17, 15) is 4.39 Å². The van der Waals surface area contributed by atoms with Crippen molar-refractivity contribution in [2.24, 2.45) is 0 Å². The third-order valence-electron chi connectivity index (χ3n) is 2.58. The third-order valence-corrected chi connectivity index (χ3v) is 3.88. The lowest BCUT2D eigenvalue weighted by atomic mass is 10.2. The van der Waals surface area contributed by atoms with Gasteiger partial charge in [0.25, 0.3) is 0 Å². The average molecular weight is 364 g/mol. The minimum absolute atomic E-state index is 0.0406. The number of rotatable bonds is 4. The van der Waals surface area contributed by atoms with Crippen LogP contribution in [0.1, 0.15) is 11.1 Å². The van der Waals surface area contributed by atoms with Gasteiger partial charge in [0, 0.05) is 10.9 Å². The van der Waals surface area contributed by atoms with Crippen LogP contribution in [0.2, 0.25) is 10.0 Å². The predicted octanol–water partition coefficient (Wildman–Crippen LogP) is 5.61. The Morgan fingerprint density at radius 3 is 2.53 bits per heavy atom. The van der Waals surface area contributed by atoms with Crippen molar-refractivity contribution in [1.82, 2.24) is 0 Å². The Bertz CT molecular complexity index is 569. The van der Waals surface area contributed by atoms with E-state index in [4.69, 9.17) is 27.9 Å². The minimum Gasteiger partial charge on any atom is -0.487 e. The molecule has 0 spiro atoms. The molecule has 0 bridgehead atoms. The van der Waals surface area contributed by atoms with Crippen LogP contribution in [0.5, 0.6) is 5.75 Å². The van der Waals surface area contributed by atoms with E-state index in [1.165, 1.54) is 6.07 Å². The van der Waals surface area contributed by atoms with Gasteiger partial charge in [-0.05, 0) is 29.8 Å². The summed E-state index contributed by atoms with van der Waals surface area (Å²) in [6, 6.07) is 9.97. The molecule has 2 rings (SSSR count). The topological polar surface area (TPSA) is 9.23 Å². The second-order valence-electron chi connectivity index (χ2n) is 3.89. The molecule has 100 valence electrons. The first-order chi connectivity index (χ1) is 9.11. The second kappa shape index (κ2) is 6.60. The standard InChI is InChI=1S/C14H10BrCl2FO/c15-7-9-4-5-14(12(17)6-9)19-8-10-11(16)2-1-3-13(10)18/h1-6H,7-8H2. The van der Waals surface area contributed by atoms with Gasteiger partial charge in [0.15, 0.2) is 0 Å². The molecule has 2 aromatic rings. The third kappa shape index (κ3) is 3.62. The number of hydrogen-bond acceptors (Lipinski definition) is 1. The molecule has 0 saturated heterocycles. The maximum Gasteiger partial charge on any atom is 0.138 e. The van der Waals surface area contributed by atoms with Crippen molar-refractivity contribution >= 4 is 39.1 Å². The second-order valence-corrected chi connectivity index (χ2v) is 5.26. The van der Waals surface area contributed by atoms with E-state index in [-0.39, 0.29) is 12.4 Å². The van der Waals surface area contributed by atoms with Crippen molar-refractivity contribution in [3.63, 3.8) is 0 Å². The molecule has 0 saturated carbocycles. The minimum atomic E-state index is -0.388. The van der Waals surface area contributed by atoms with Crippen LogP contribution in [0.25, 0.3) is 0 Å². The van der Waals surface area contributed by atoms with Crippen LogP contribution in [-0.4, -0.2) is 0 Å². The Morgan fingerprint density at radius 1 is 1.11 bits per heavy atom. The summed E-state index contributed by atoms with van der Waals surface area (Å²) in [4.78, 5) is 0. The maximum atomic E-state index is 13.6. The van der Waals surface area contributed by atoms with Crippen molar-refractivity contribution in [2.75, 3.05) is 0 Å². The SMILES string of the molecule is Fc1cccc(Cl)c1COc1ccc(CBr)cc1Cl. The van der Waals surface area contributed by atoms with Crippen LogP contribution in [0, 0.1) is 5.82 Å². The van der Waals surface area contributed by atoms with Gasteiger partial charge in [-0.1, -0.05) is 51.3 Å². The monoisotopic (exact) mass is 362 g/mol. The molecule has 19 heavy (non-hydrogen) atoms. The number of ether oxygens (including phenoxy) is 1. The maximum absolute atomic E-state index is 13.6. The predicted molar refractivity (Wildman–Crippen MR) is 79.8 cm³/mol. The molecule has 0 unspecified atom stereocenters. The highest BCUT2D eigenvalue weighted by atomic mass is 79.9. The number of hydrogen-bond donors (Lipinski definition) is 0. The molecule has 0 amide bonds. The Kier molecular flexibility index (Phi) is 5.08. The van der Waals surface area contributed by atoms with E-state index in [1.807, 2.05) is 6.07 Å². The van der Waals surface area contributed by atoms with Crippen molar-refractivity contribution in [3.8, 4) is 5.75 Å². The first kappa shape index (κ1) is 14.6. The highest BCUT2D eigenvalue weighted by Gasteiger charge is 2.09. The first-order valence-corrected chi connectivity index (χ1v) is 7.39. The molecule has 0 aliphatic heterocycles. The van der Waals surface area contributed by atoms with Gasteiger partial charge in [-0.25, -0.2) is 4.39 Å². The van der Waals surface area contributed by atoms with Crippen molar-refractivity contribution < 1.29 is 9.13 Å². The number of benzene rings is 2. The molecular weight excluding hydrogens is 354 g/mol. The van der Waals surface area contributed by atoms with Gasteiger partial charge in [-0.3, -0.25) is 0 Å². The van der Waals surface area contributed by atoms with E-state index < -0.39 is 0 Å². The molecule has 0 fully saturated rings. The van der Waals surface area contributed by atoms with Crippen LogP contribution in [0.4, 0.5) is 4.39 Å². The van der Waals surface area contributed by atoms with E-state index in [1.54, 1.807) is 24.3 Å². The Morgan fingerprint density at radius 2 is 1.89 bits per heavy atom. The van der Waals surface area contributed by atoms with E-state index in [0.29, 0.717) is 26.7 Å². The summed E-state index contributed by atoms with van der Waals surface area (Å²) in [7, 11) is 0. The molecule has 0 aromatic heterocycles. The molecule has 0 heterocycles. The van der Waals surface area contributed by atoms with Gasteiger partial charge in [-0.15, -0.1) is 0 Å². The zero-order valence-electron chi connectivity index (χ0n) is 9.80. The van der Waals surface area contributed by atoms with Gasteiger partial charge < -0.3 is 4.74 Å². The van der Waals surface area contributed by atoms with Crippen molar-refractivity contribution in [2.45, 2.75) is 11.9 Å². The molecule has 5 heteroatoms. The fourth-order valence-corrected chi connectivity index (χ4v) is 2.39. The Balaban J connectivity index is 2.15. The van der Waals surface area contributed by atoms with E-state index in [0.717, 1.165) is 5.56 Å². The summed E-state index contributed by atoms with van der Waals surface area (Å²) in [6.45, 7) is 0.0406. The van der Waals surface area contributed by atoms with E-state index in [2.05, 4.69) is 15.9 Å². The quantitative estimate of drug-likeness (QED) is 0.642. The van der Waals surface area contributed by atoms with Gasteiger partial charge in [0.2, 0.25) is 0 Å². The first-order valence-electron chi connectivity index (χ1n) is 5.52. The fourth-order valence-electron chi connectivity index (χ4n) is 1.56. The molecule has 0 aliphatic carbocycles. The van der Waals surface area contributed by atoms with E-state index >= 15 is 0 Å². The molecule has 0 atom stereocenters. The summed E-state index contributed by atoms with van der Waals surface area (Å²) >= 11 is 15.3. The lowest BCUT2D eigenvalue weighted by Crippen LogP contribution is -2.00. The van der Waals surface area contributed by atoms with Gasteiger partial charge in [-0.2, -0.15) is 0 Å². The molecule has 0 aliphatic rings. The van der Waals surface area contributed by atoms with Crippen molar-refractivity contribution in [3.05, 3.63) is 63.4 Å². The van der Waals surface area contributed by atoms with Crippen LogP contribution in [-0.2, 0) is 11.9 Å². The highest BCUT2D eigenvalue weighted by molar-refractivity contribution is 9.08. The highest BCUT2D eigenvalue weighted by Crippen LogP contribution is 2.28. The van der Waals surface area contributed by atoms with Crippen LogP contribution < -0.4 is 4.74 Å². The smallest absolute Gasteiger partial charge is 0.138 e. The fraction of sp³-hybridized carbons (Fsp3) is 0.143. The Hall–Kier alpha value is -0.770. The van der Waals surface area contributed by atoms with Gasteiger partial charge in [0.1, 0.15) is 18.2 Å². The summed E-state index contributed by atoms with van der Waals surface area (Å²) in [5, 5.41) is 1.55. The normalized spacial score (nSPS) is 10.5. The van der Waals surface area contributed by atoms with Gasteiger partial charge >= 0.3 is 0 Å². The number of halogens is 4. The van der Waals surface area contributed by atoms with Gasteiger partial charge in [0.05, 0.1) is 10.0 Å². The van der Waals surface area contributed by atoms with Crippen LogP contribution in [0.15, 0.2) is 36.4 Å². The molecule has 2 aromatic carbocycles. The lowest BCUT2D eigenvalue weighted by molar-refractivity contribution is 0.300. The van der Waals surface area contributed by atoms with Crippen LogP contribution in [0.3, 0.4) is 0 Å². The Labute approximate surface area is 129 Å². The summed E-state index contributed by atoms with van der Waals surface area (Å²) in [5.41, 5.74) is 1.37. The average Bonchev–Trinajstić information content (AvgIpc) is 2.39. The molecular formula is C14H10BrCl2FO. The zero-order chi connectivity index (χ0) is 13.8. The molecule has 0 N–H and O–H groups in total. The summed E-state index contributed by atoms with van der Waals surface area (Å²) < 4.78 is 19.1. The largest absolute Gasteiger partial charge is 0.487 e. The summed E-state index contributed by atoms with van der Waals surface area (Å²) in [5.74, 6) is 0.117. The van der Waals surface area contributed by atoms with Crippen molar-refractivity contribution in [1.29, 1.82) is 0 Å². The zero-order valence-corrected chi connectivity index (χ0v) is 12.9. The lowest BCUT2D eigenvalue weighted by Gasteiger charge is -2.10. The summed E-state index contributed by atoms with van der Waals surface area (Å²) in [6.07, 6.45) is 0.